The predicted molar refractivity (Wildman–Crippen MR) is 58.8 cm³/mol. The van der Waals surface area contributed by atoms with E-state index in [2.05, 4.69) is 29.5 Å². The minimum absolute atomic E-state index is 0.0781. The maximum atomic E-state index is 3.83. The van der Waals surface area contributed by atoms with Crippen LogP contribution in [-0.2, 0) is 0 Å². The third-order valence-electron chi connectivity index (χ3n) is 2.61. The summed E-state index contributed by atoms with van der Waals surface area (Å²) in [6, 6.07) is 0.238. The van der Waals surface area contributed by atoms with Crippen LogP contribution in [-0.4, -0.2) is 32.8 Å². The molecule has 1 atom stereocenters. The zero-order valence-electron chi connectivity index (χ0n) is 9.28. The lowest BCUT2D eigenvalue weighted by Crippen LogP contribution is -2.65. The van der Waals surface area contributed by atoms with Crippen molar-refractivity contribution < 1.29 is 0 Å². The van der Waals surface area contributed by atoms with Crippen LogP contribution in [0.25, 0.3) is 0 Å². The molecule has 0 aromatic heterocycles. The van der Waals surface area contributed by atoms with Gasteiger partial charge in [0.05, 0.1) is 11.7 Å². The van der Waals surface area contributed by atoms with Crippen molar-refractivity contribution in [3.05, 3.63) is 12.7 Å². The van der Waals surface area contributed by atoms with Gasteiger partial charge in [-0.05, 0) is 27.6 Å². The lowest BCUT2D eigenvalue weighted by molar-refractivity contribution is 0.224. The third kappa shape index (κ3) is 2.79. The Morgan fingerprint density at radius 1 is 1.31 bits per heavy atom. The van der Waals surface area contributed by atoms with E-state index in [1.165, 1.54) is 0 Å². The predicted octanol–water partition coefficient (Wildman–Crippen LogP) is 0.696. The SMILES string of the molecule is C=CC(NC)C(CCC)(NC)NC. The van der Waals surface area contributed by atoms with Gasteiger partial charge in [-0.1, -0.05) is 19.4 Å². The molecule has 0 saturated heterocycles. The molecular weight excluding hydrogens is 162 g/mol. The van der Waals surface area contributed by atoms with Gasteiger partial charge in [-0.15, -0.1) is 6.58 Å². The topological polar surface area (TPSA) is 36.1 Å². The van der Waals surface area contributed by atoms with E-state index in [1.54, 1.807) is 0 Å². The first-order valence-electron chi connectivity index (χ1n) is 4.88. The van der Waals surface area contributed by atoms with Crippen molar-refractivity contribution in [2.24, 2.45) is 0 Å². The van der Waals surface area contributed by atoms with Gasteiger partial charge in [0.1, 0.15) is 0 Å². The van der Waals surface area contributed by atoms with Gasteiger partial charge in [0.2, 0.25) is 0 Å². The maximum Gasteiger partial charge on any atom is 0.0876 e. The van der Waals surface area contributed by atoms with Gasteiger partial charge in [-0.25, -0.2) is 0 Å². The monoisotopic (exact) mass is 185 g/mol. The summed E-state index contributed by atoms with van der Waals surface area (Å²) < 4.78 is 0. The molecule has 3 nitrogen and oxygen atoms in total. The highest BCUT2D eigenvalue weighted by molar-refractivity contribution is 5.03. The Hall–Kier alpha value is -0.380. The van der Waals surface area contributed by atoms with Gasteiger partial charge in [0.15, 0.2) is 0 Å². The molecule has 0 bridgehead atoms. The molecule has 1 unspecified atom stereocenters. The minimum atomic E-state index is -0.0781. The summed E-state index contributed by atoms with van der Waals surface area (Å²) >= 11 is 0. The second-order valence-corrected chi connectivity index (χ2v) is 3.22. The van der Waals surface area contributed by atoms with Crippen LogP contribution in [0.2, 0.25) is 0 Å². The van der Waals surface area contributed by atoms with E-state index in [0.29, 0.717) is 0 Å². The third-order valence-corrected chi connectivity index (χ3v) is 2.61. The molecule has 0 rings (SSSR count). The summed E-state index contributed by atoms with van der Waals surface area (Å²) in [6.45, 7) is 6.01. The molecule has 3 N–H and O–H groups in total. The molecule has 0 aromatic carbocycles. The first kappa shape index (κ1) is 12.6. The molecule has 13 heavy (non-hydrogen) atoms. The molecule has 0 aliphatic heterocycles. The summed E-state index contributed by atoms with van der Waals surface area (Å²) in [5, 5.41) is 9.88. The van der Waals surface area contributed by atoms with E-state index in [9.17, 15) is 0 Å². The van der Waals surface area contributed by atoms with Crippen LogP contribution in [0.1, 0.15) is 19.8 Å². The maximum absolute atomic E-state index is 3.83. The van der Waals surface area contributed by atoms with Crippen molar-refractivity contribution in [3.8, 4) is 0 Å². The van der Waals surface area contributed by atoms with Crippen LogP contribution in [0.5, 0.6) is 0 Å². The molecule has 0 heterocycles. The van der Waals surface area contributed by atoms with E-state index in [-0.39, 0.29) is 11.7 Å². The van der Waals surface area contributed by atoms with Crippen molar-refractivity contribution in [2.45, 2.75) is 31.5 Å². The molecule has 0 aromatic rings. The fourth-order valence-corrected chi connectivity index (χ4v) is 1.80. The molecule has 3 heteroatoms. The number of nitrogens with one attached hydrogen (secondary N) is 3. The van der Waals surface area contributed by atoms with Crippen molar-refractivity contribution >= 4 is 0 Å². The Morgan fingerprint density at radius 3 is 2.08 bits per heavy atom. The van der Waals surface area contributed by atoms with Crippen LogP contribution in [0, 0.1) is 0 Å². The highest BCUT2D eigenvalue weighted by atomic mass is 15.2. The number of rotatable bonds is 7. The lowest BCUT2D eigenvalue weighted by Gasteiger charge is -2.39. The Bertz CT molecular complexity index is 141. The first-order chi connectivity index (χ1) is 6.20. The van der Waals surface area contributed by atoms with Crippen LogP contribution in [0.3, 0.4) is 0 Å². The van der Waals surface area contributed by atoms with E-state index >= 15 is 0 Å². The van der Waals surface area contributed by atoms with Gasteiger partial charge in [0, 0.05) is 0 Å². The van der Waals surface area contributed by atoms with Crippen molar-refractivity contribution in [2.75, 3.05) is 21.1 Å². The largest absolute Gasteiger partial charge is 0.311 e. The van der Waals surface area contributed by atoms with Crippen LogP contribution in [0.15, 0.2) is 12.7 Å². The first-order valence-corrected chi connectivity index (χ1v) is 4.88. The van der Waals surface area contributed by atoms with Gasteiger partial charge in [-0.3, -0.25) is 0 Å². The Morgan fingerprint density at radius 2 is 1.85 bits per heavy atom. The summed E-state index contributed by atoms with van der Waals surface area (Å²) in [5.41, 5.74) is -0.0781. The van der Waals surface area contributed by atoms with Gasteiger partial charge >= 0.3 is 0 Å². The standard InChI is InChI=1S/C10H23N3/c1-6-8-10(12-4,13-5)9(7-2)11-3/h7,9,11-13H,2,6,8H2,1,3-5H3. The van der Waals surface area contributed by atoms with E-state index in [4.69, 9.17) is 0 Å². The Balaban J connectivity index is 4.59. The average molecular weight is 185 g/mol. The zero-order chi connectivity index (χ0) is 10.3. The lowest BCUT2D eigenvalue weighted by atomic mass is 9.95. The molecular formula is C10H23N3. The fraction of sp³-hybridized carbons (Fsp3) is 0.800. The molecule has 0 aliphatic rings. The highest BCUT2D eigenvalue weighted by Crippen LogP contribution is 2.14. The second kappa shape index (κ2) is 6.13. The number of hydrogen-bond acceptors (Lipinski definition) is 3. The highest BCUT2D eigenvalue weighted by Gasteiger charge is 2.31. The van der Waals surface area contributed by atoms with Crippen LogP contribution >= 0.6 is 0 Å². The minimum Gasteiger partial charge on any atom is -0.311 e. The van der Waals surface area contributed by atoms with Crippen molar-refractivity contribution in [1.29, 1.82) is 0 Å². The van der Waals surface area contributed by atoms with Crippen LogP contribution < -0.4 is 16.0 Å². The molecule has 0 spiro atoms. The van der Waals surface area contributed by atoms with E-state index in [1.807, 2.05) is 27.2 Å². The van der Waals surface area contributed by atoms with Crippen molar-refractivity contribution in [1.82, 2.24) is 16.0 Å². The molecule has 0 aliphatic carbocycles. The van der Waals surface area contributed by atoms with Gasteiger partial charge < -0.3 is 16.0 Å². The Kier molecular flexibility index (Phi) is 5.95. The van der Waals surface area contributed by atoms with E-state index in [0.717, 1.165) is 12.8 Å². The molecule has 0 fully saturated rings. The summed E-state index contributed by atoms with van der Waals surface area (Å²) in [4.78, 5) is 0. The fourth-order valence-electron chi connectivity index (χ4n) is 1.80. The van der Waals surface area contributed by atoms with Gasteiger partial charge in [0.25, 0.3) is 0 Å². The molecule has 0 saturated carbocycles. The molecule has 0 radical (unpaired) electrons. The number of likely N-dealkylation sites (N-methyl/N-ethyl adjacent to an activating group) is 3. The van der Waals surface area contributed by atoms with Crippen LogP contribution in [0.4, 0.5) is 0 Å². The summed E-state index contributed by atoms with van der Waals surface area (Å²) in [5.74, 6) is 0. The summed E-state index contributed by atoms with van der Waals surface area (Å²) in [7, 11) is 5.89. The molecule has 78 valence electrons. The average Bonchev–Trinajstić information content (AvgIpc) is 2.18. The van der Waals surface area contributed by atoms with Crippen molar-refractivity contribution in [3.63, 3.8) is 0 Å². The summed E-state index contributed by atoms with van der Waals surface area (Å²) in [6.07, 6.45) is 4.13. The zero-order valence-corrected chi connectivity index (χ0v) is 9.28. The molecule has 0 amide bonds. The number of hydrogen-bond donors (Lipinski definition) is 3. The normalized spacial score (nSPS) is 14.2. The van der Waals surface area contributed by atoms with E-state index < -0.39 is 0 Å². The second-order valence-electron chi connectivity index (χ2n) is 3.22. The smallest absolute Gasteiger partial charge is 0.0876 e. The quantitative estimate of drug-likeness (QED) is 0.403. The van der Waals surface area contributed by atoms with Gasteiger partial charge in [-0.2, -0.15) is 0 Å². The Labute approximate surface area is 82.0 Å².